The van der Waals surface area contributed by atoms with Crippen molar-refractivity contribution in [3.8, 4) is 0 Å². The Morgan fingerprint density at radius 1 is 1.09 bits per heavy atom. The largest absolute Gasteiger partial charge is 0.352 e. The van der Waals surface area contributed by atoms with Gasteiger partial charge in [-0.15, -0.1) is 5.10 Å². The maximum atomic E-state index is 13.4. The molecule has 178 valence electrons. The normalized spacial score (nSPS) is 12.5. The van der Waals surface area contributed by atoms with Crippen LogP contribution in [0.3, 0.4) is 0 Å². The molecule has 0 bridgehead atoms. The molecule has 1 atom stereocenters. The maximum absolute atomic E-state index is 13.4. The lowest BCUT2D eigenvalue weighted by Crippen LogP contribution is -2.32. The van der Waals surface area contributed by atoms with Crippen molar-refractivity contribution in [1.82, 2.24) is 24.1 Å². The molecular formula is C25H28FN5O3. The molecule has 0 aliphatic carbocycles. The molecule has 0 saturated heterocycles. The average molecular weight is 466 g/mol. The van der Waals surface area contributed by atoms with Gasteiger partial charge >= 0.3 is 5.69 Å². The molecule has 34 heavy (non-hydrogen) atoms. The number of nitrogens with one attached hydrogen (secondary N) is 1. The Kier molecular flexibility index (Phi) is 6.37. The zero-order chi connectivity index (χ0) is 24.6. The van der Waals surface area contributed by atoms with Gasteiger partial charge in [0.15, 0.2) is 0 Å². The van der Waals surface area contributed by atoms with Crippen LogP contribution in [0, 0.1) is 11.7 Å². The molecule has 2 heterocycles. The molecule has 9 heteroatoms. The highest BCUT2D eigenvalue weighted by atomic mass is 19.1. The smallest absolute Gasteiger partial charge is 0.350 e. The third kappa shape index (κ3) is 4.37. The number of fused-ring (bicyclic) bond motifs is 3. The second kappa shape index (κ2) is 9.24. The van der Waals surface area contributed by atoms with Crippen molar-refractivity contribution in [2.45, 2.75) is 53.2 Å². The molecule has 4 rings (SSSR count). The summed E-state index contributed by atoms with van der Waals surface area (Å²) < 4.78 is 17.4. The van der Waals surface area contributed by atoms with Crippen LogP contribution in [0.15, 0.2) is 52.1 Å². The fraction of sp³-hybridized carbons (Fsp3) is 0.360. The lowest BCUT2D eigenvalue weighted by atomic mass is 10.1. The number of rotatable bonds is 7. The predicted octanol–water partition coefficient (Wildman–Crippen LogP) is 3.18. The Balaban J connectivity index is 1.94. The van der Waals surface area contributed by atoms with E-state index in [0.717, 1.165) is 6.42 Å². The van der Waals surface area contributed by atoms with Gasteiger partial charge in [0.25, 0.3) is 11.5 Å². The first kappa shape index (κ1) is 23.4. The minimum Gasteiger partial charge on any atom is -0.350 e. The maximum Gasteiger partial charge on any atom is 0.352 e. The van der Waals surface area contributed by atoms with E-state index in [0.29, 0.717) is 28.6 Å². The van der Waals surface area contributed by atoms with E-state index in [1.54, 1.807) is 30.3 Å². The van der Waals surface area contributed by atoms with Gasteiger partial charge in [0.05, 0.1) is 17.4 Å². The third-order valence-corrected chi connectivity index (χ3v) is 5.82. The van der Waals surface area contributed by atoms with E-state index in [1.165, 1.54) is 25.8 Å². The van der Waals surface area contributed by atoms with Crippen LogP contribution in [0.1, 0.15) is 50.0 Å². The van der Waals surface area contributed by atoms with Gasteiger partial charge in [-0.1, -0.05) is 32.9 Å². The summed E-state index contributed by atoms with van der Waals surface area (Å²) in [6.45, 7) is 8.33. The van der Waals surface area contributed by atoms with Crippen LogP contribution in [0.25, 0.3) is 16.7 Å². The van der Waals surface area contributed by atoms with Gasteiger partial charge in [0.2, 0.25) is 5.78 Å². The molecule has 2 aromatic heterocycles. The van der Waals surface area contributed by atoms with E-state index < -0.39 is 5.69 Å². The van der Waals surface area contributed by atoms with Gasteiger partial charge in [-0.3, -0.25) is 14.2 Å². The number of benzene rings is 2. The average Bonchev–Trinajstić information content (AvgIpc) is 3.13. The van der Waals surface area contributed by atoms with Crippen molar-refractivity contribution >= 4 is 22.6 Å². The summed E-state index contributed by atoms with van der Waals surface area (Å²) in [7, 11) is 0. The van der Waals surface area contributed by atoms with Crippen LogP contribution in [0.2, 0.25) is 0 Å². The topological polar surface area (TPSA) is 90.4 Å². The van der Waals surface area contributed by atoms with E-state index in [-0.39, 0.29) is 41.6 Å². The van der Waals surface area contributed by atoms with Gasteiger partial charge in [-0.25, -0.2) is 18.3 Å². The second-order valence-corrected chi connectivity index (χ2v) is 9.03. The molecule has 0 fully saturated rings. The summed E-state index contributed by atoms with van der Waals surface area (Å²) in [6.07, 6.45) is 0.777. The zero-order valence-electron chi connectivity index (χ0n) is 19.7. The minimum atomic E-state index is -0.443. The Hall–Kier alpha value is -3.75. The molecule has 0 aliphatic heterocycles. The van der Waals surface area contributed by atoms with Crippen molar-refractivity contribution in [2.24, 2.45) is 5.92 Å². The molecule has 8 nitrogen and oxygen atoms in total. The highest BCUT2D eigenvalue weighted by molar-refractivity contribution is 5.98. The molecule has 0 saturated carbocycles. The first-order valence-corrected chi connectivity index (χ1v) is 11.4. The number of halogens is 1. The molecule has 1 N–H and O–H groups in total. The lowest BCUT2D eigenvalue weighted by molar-refractivity contribution is 0.0939. The SMILES string of the molecule is CCC(C)NC(=O)c1ccc2c(=O)n(CC(C)C)c3nn(Cc4ccc(F)cc4)c(=O)n3c2c1. The van der Waals surface area contributed by atoms with Crippen LogP contribution < -0.4 is 16.6 Å². The molecule has 4 aromatic rings. The van der Waals surface area contributed by atoms with Crippen LogP contribution in [-0.4, -0.2) is 30.7 Å². The molecule has 0 spiro atoms. The number of carbonyl (C=O) groups is 1. The summed E-state index contributed by atoms with van der Waals surface area (Å²) >= 11 is 0. The van der Waals surface area contributed by atoms with Crippen LogP contribution in [0.4, 0.5) is 4.39 Å². The fourth-order valence-corrected chi connectivity index (χ4v) is 3.86. The molecular weight excluding hydrogens is 437 g/mol. The number of carbonyl (C=O) groups excluding carboxylic acids is 1. The summed E-state index contributed by atoms with van der Waals surface area (Å²) in [6, 6.07) is 10.6. The first-order chi connectivity index (χ1) is 16.2. The van der Waals surface area contributed by atoms with Gasteiger partial charge in [-0.2, -0.15) is 0 Å². The lowest BCUT2D eigenvalue weighted by Gasteiger charge is -2.14. The Bertz CT molecular complexity index is 1480. The van der Waals surface area contributed by atoms with Crippen LogP contribution in [0.5, 0.6) is 0 Å². The minimum absolute atomic E-state index is 0.0107. The van der Waals surface area contributed by atoms with Gasteiger partial charge < -0.3 is 5.32 Å². The summed E-state index contributed by atoms with van der Waals surface area (Å²) in [5.74, 6) is -0.303. The van der Waals surface area contributed by atoms with E-state index in [1.807, 2.05) is 27.7 Å². The summed E-state index contributed by atoms with van der Waals surface area (Å²) in [5.41, 5.74) is 0.661. The molecule has 0 aliphatic rings. The number of amides is 1. The highest BCUT2D eigenvalue weighted by Gasteiger charge is 2.20. The molecule has 0 radical (unpaired) electrons. The van der Waals surface area contributed by atoms with E-state index in [4.69, 9.17) is 0 Å². The highest BCUT2D eigenvalue weighted by Crippen LogP contribution is 2.16. The standard InChI is InChI=1S/C25H28FN5O3/c1-5-16(4)27-22(32)18-8-11-20-21(12-18)31-24(29(23(20)33)13-15(2)3)28-30(25(31)34)14-17-6-9-19(26)10-7-17/h6-12,15-16H,5,13-14H2,1-4H3,(H,27,32). The molecule has 1 unspecified atom stereocenters. The van der Waals surface area contributed by atoms with Crippen molar-refractivity contribution in [3.63, 3.8) is 0 Å². The Morgan fingerprint density at radius 3 is 2.44 bits per heavy atom. The third-order valence-electron chi connectivity index (χ3n) is 5.82. The van der Waals surface area contributed by atoms with E-state index in [9.17, 15) is 18.8 Å². The van der Waals surface area contributed by atoms with E-state index in [2.05, 4.69) is 10.4 Å². The quantitative estimate of drug-likeness (QED) is 0.454. The van der Waals surface area contributed by atoms with Gasteiger partial charge in [0, 0.05) is 18.2 Å². The summed E-state index contributed by atoms with van der Waals surface area (Å²) in [4.78, 5) is 39.5. The predicted molar refractivity (Wildman–Crippen MR) is 129 cm³/mol. The van der Waals surface area contributed by atoms with Crippen molar-refractivity contribution in [2.75, 3.05) is 0 Å². The zero-order valence-corrected chi connectivity index (χ0v) is 19.7. The molecule has 2 aromatic carbocycles. The fourth-order valence-electron chi connectivity index (χ4n) is 3.86. The number of hydrogen-bond donors (Lipinski definition) is 1. The van der Waals surface area contributed by atoms with Crippen molar-refractivity contribution in [1.29, 1.82) is 0 Å². The van der Waals surface area contributed by atoms with Crippen molar-refractivity contribution in [3.05, 3.63) is 80.2 Å². The van der Waals surface area contributed by atoms with Gasteiger partial charge in [-0.05, 0) is 55.2 Å². The second-order valence-electron chi connectivity index (χ2n) is 9.03. The number of hydrogen-bond acceptors (Lipinski definition) is 4. The first-order valence-electron chi connectivity index (χ1n) is 11.4. The molecule has 1 amide bonds. The van der Waals surface area contributed by atoms with Crippen molar-refractivity contribution < 1.29 is 9.18 Å². The van der Waals surface area contributed by atoms with Crippen LogP contribution in [-0.2, 0) is 13.1 Å². The summed E-state index contributed by atoms with van der Waals surface area (Å²) in [5, 5.41) is 7.70. The van der Waals surface area contributed by atoms with Crippen LogP contribution >= 0.6 is 0 Å². The Morgan fingerprint density at radius 2 is 1.79 bits per heavy atom. The Labute approximate surface area is 195 Å². The van der Waals surface area contributed by atoms with E-state index >= 15 is 0 Å². The number of nitrogens with zero attached hydrogens (tertiary/aromatic N) is 4. The monoisotopic (exact) mass is 465 g/mol. The van der Waals surface area contributed by atoms with Gasteiger partial charge in [0.1, 0.15) is 5.82 Å². The number of aromatic nitrogens is 4.